The third kappa shape index (κ3) is 1.20. The van der Waals surface area contributed by atoms with Gasteiger partial charge in [0.15, 0.2) is 0 Å². The number of imidazole rings is 1. The molecule has 0 spiro atoms. The first-order valence-corrected chi connectivity index (χ1v) is 4.63. The van der Waals surface area contributed by atoms with Gasteiger partial charge in [0.1, 0.15) is 0 Å². The van der Waals surface area contributed by atoms with Gasteiger partial charge in [-0.3, -0.25) is 0 Å². The van der Waals surface area contributed by atoms with Gasteiger partial charge in [-0.2, -0.15) is 0 Å². The first-order chi connectivity index (χ1) is 5.27. The van der Waals surface area contributed by atoms with Gasteiger partial charge in [0, 0.05) is 15.1 Å². The summed E-state index contributed by atoms with van der Waals surface area (Å²) in [6.07, 6.45) is 5.55. The van der Waals surface area contributed by atoms with Crippen molar-refractivity contribution >= 4 is 37.4 Å². The molecule has 2 aromatic heterocycles. The van der Waals surface area contributed by atoms with Gasteiger partial charge in [0.05, 0.1) is 18.0 Å². The number of hydrogen-bond donors (Lipinski definition) is 0. The van der Waals surface area contributed by atoms with Crippen molar-refractivity contribution in [2.45, 2.75) is 0 Å². The van der Waals surface area contributed by atoms with E-state index in [9.17, 15) is 0 Å². The van der Waals surface area contributed by atoms with E-state index in [4.69, 9.17) is 0 Å². The van der Waals surface area contributed by atoms with E-state index >= 15 is 0 Å². The highest BCUT2D eigenvalue weighted by atomic mass is 79.9. The van der Waals surface area contributed by atoms with Gasteiger partial charge in [0.2, 0.25) is 0 Å². The van der Waals surface area contributed by atoms with Crippen LogP contribution in [0.1, 0.15) is 0 Å². The van der Waals surface area contributed by atoms with Gasteiger partial charge in [-0.05, 0) is 37.9 Å². The van der Waals surface area contributed by atoms with Gasteiger partial charge in [-0.25, -0.2) is 4.98 Å². The van der Waals surface area contributed by atoms with Crippen molar-refractivity contribution in [2.75, 3.05) is 0 Å². The molecule has 0 aliphatic heterocycles. The standard InChI is InChI=1S/C7H4Br2N2/c8-5-1-6(9)7-2-10-4-11(7)3-5/h1-4H. The highest BCUT2D eigenvalue weighted by molar-refractivity contribution is 9.11. The SMILES string of the molecule is Brc1cc(Br)c2cncn2c1. The fraction of sp³-hybridized carbons (Fsp3) is 0. The minimum Gasteiger partial charge on any atom is -0.304 e. The lowest BCUT2D eigenvalue weighted by Gasteiger charge is -1.96. The lowest BCUT2D eigenvalue weighted by atomic mass is 10.4. The second-order valence-electron chi connectivity index (χ2n) is 2.19. The average Bonchev–Trinajstić information content (AvgIpc) is 2.34. The van der Waals surface area contributed by atoms with Gasteiger partial charge in [0.25, 0.3) is 0 Å². The molecule has 0 saturated carbocycles. The minimum atomic E-state index is 1.04. The van der Waals surface area contributed by atoms with Gasteiger partial charge in [-0.15, -0.1) is 0 Å². The fourth-order valence-electron chi connectivity index (χ4n) is 0.958. The Morgan fingerprint density at radius 3 is 3.00 bits per heavy atom. The van der Waals surface area contributed by atoms with Crippen molar-refractivity contribution in [3.63, 3.8) is 0 Å². The second kappa shape index (κ2) is 2.60. The number of pyridine rings is 1. The van der Waals surface area contributed by atoms with Gasteiger partial charge >= 0.3 is 0 Å². The molecule has 0 atom stereocenters. The van der Waals surface area contributed by atoms with E-state index in [1.165, 1.54) is 0 Å². The van der Waals surface area contributed by atoms with Crippen LogP contribution in [0.2, 0.25) is 0 Å². The van der Waals surface area contributed by atoms with Crippen LogP contribution in [0.15, 0.2) is 33.7 Å². The summed E-state index contributed by atoms with van der Waals surface area (Å²) in [5, 5.41) is 0. The third-order valence-corrected chi connectivity index (χ3v) is 2.51. The van der Waals surface area contributed by atoms with Gasteiger partial charge < -0.3 is 4.40 Å². The molecule has 0 bridgehead atoms. The van der Waals surface area contributed by atoms with Gasteiger partial charge in [-0.1, -0.05) is 0 Å². The van der Waals surface area contributed by atoms with Crippen LogP contribution in [0.25, 0.3) is 5.52 Å². The van der Waals surface area contributed by atoms with E-state index in [0.29, 0.717) is 0 Å². The summed E-state index contributed by atoms with van der Waals surface area (Å²) in [5.41, 5.74) is 1.08. The monoisotopic (exact) mass is 274 g/mol. The van der Waals surface area contributed by atoms with Crippen molar-refractivity contribution in [1.29, 1.82) is 0 Å². The van der Waals surface area contributed by atoms with Crippen LogP contribution in [0.4, 0.5) is 0 Å². The van der Waals surface area contributed by atoms with Crippen LogP contribution in [-0.4, -0.2) is 9.38 Å². The molecule has 0 aromatic carbocycles. The Morgan fingerprint density at radius 1 is 1.36 bits per heavy atom. The highest BCUT2D eigenvalue weighted by Gasteiger charge is 1.98. The van der Waals surface area contributed by atoms with Crippen LogP contribution in [0, 0.1) is 0 Å². The Balaban J connectivity index is 2.91. The van der Waals surface area contributed by atoms with E-state index in [1.807, 2.05) is 22.9 Å². The van der Waals surface area contributed by atoms with E-state index in [2.05, 4.69) is 36.8 Å². The molecule has 0 aliphatic carbocycles. The van der Waals surface area contributed by atoms with Crippen molar-refractivity contribution in [1.82, 2.24) is 9.38 Å². The zero-order valence-electron chi connectivity index (χ0n) is 5.46. The fourth-order valence-corrected chi connectivity index (χ4v) is 2.27. The number of fused-ring (bicyclic) bond motifs is 1. The van der Waals surface area contributed by atoms with E-state index in [1.54, 1.807) is 6.33 Å². The summed E-state index contributed by atoms with van der Waals surface area (Å²) >= 11 is 6.83. The zero-order valence-corrected chi connectivity index (χ0v) is 8.63. The lowest BCUT2D eigenvalue weighted by Crippen LogP contribution is -1.81. The molecule has 0 radical (unpaired) electrons. The maximum Gasteiger partial charge on any atom is 0.0992 e. The Bertz CT molecular complexity index is 394. The number of halogens is 2. The molecule has 0 fully saturated rings. The highest BCUT2D eigenvalue weighted by Crippen LogP contribution is 2.21. The molecule has 0 N–H and O–H groups in total. The predicted octanol–water partition coefficient (Wildman–Crippen LogP) is 2.86. The summed E-state index contributed by atoms with van der Waals surface area (Å²) in [7, 11) is 0. The summed E-state index contributed by atoms with van der Waals surface area (Å²) < 4.78 is 4.04. The van der Waals surface area contributed by atoms with E-state index in [0.717, 1.165) is 14.5 Å². The molecule has 0 saturated heterocycles. The van der Waals surface area contributed by atoms with Crippen LogP contribution in [0.3, 0.4) is 0 Å². The van der Waals surface area contributed by atoms with Crippen molar-refractivity contribution in [3.05, 3.63) is 33.7 Å². The maximum atomic E-state index is 4.02. The zero-order chi connectivity index (χ0) is 7.84. The van der Waals surface area contributed by atoms with Crippen LogP contribution < -0.4 is 0 Å². The molecule has 0 amide bonds. The van der Waals surface area contributed by atoms with Crippen molar-refractivity contribution in [2.24, 2.45) is 0 Å². The summed E-state index contributed by atoms with van der Waals surface area (Å²) in [6.45, 7) is 0. The van der Waals surface area contributed by atoms with Crippen LogP contribution >= 0.6 is 31.9 Å². The Labute approximate surface area is 80.5 Å². The molecule has 2 aromatic rings. The number of hydrogen-bond acceptors (Lipinski definition) is 1. The molecular formula is C7H4Br2N2. The summed E-state index contributed by atoms with van der Waals surface area (Å²) in [4.78, 5) is 4.02. The van der Waals surface area contributed by atoms with Crippen LogP contribution in [-0.2, 0) is 0 Å². The summed E-state index contributed by atoms with van der Waals surface area (Å²) in [5.74, 6) is 0. The molecule has 11 heavy (non-hydrogen) atoms. The maximum absolute atomic E-state index is 4.02. The lowest BCUT2D eigenvalue weighted by molar-refractivity contribution is 1.14. The largest absolute Gasteiger partial charge is 0.304 e. The normalized spacial score (nSPS) is 10.7. The predicted molar refractivity (Wildman–Crippen MR) is 50.6 cm³/mol. The first kappa shape index (κ1) is 7.31. The molecule has 2 rings (SSSR count). The number of aromatic nitrogens is 2. The molecule has 56 valence electrons. The molecule has 0 aliphatic rings. The second-order valence-corrected chi connectivity index (χ2v) is 3.96. The van der Waals surface area contributed by atoms with Crippen LogP contribution in [0.5, 0.6) is 0 Å². The molecule has 0 unspecified atom stereocenters. The smallest absolute Gasteiger partial charge is 0.0992 e. The topological polar surface area (TPSA) is 17.3 Å². The Hall–Kier alpha value is -0.350. The molecule has 2 nitrogen and oxygen atoms in total. The minimum absolute atomic E-state index is 1.04. The Kier molecular flexibility index (Phi) is 1.73. The number of rotatable bonds is 0. The average molecular weight is 276 g/mol. The van der Waals surface area contributed by atoms with E-state index < -0.39 is 0 Å². The number of nitrogens with zero attached hydrogens (tertiary/aromatic N) is 2. The first-order valence-electron chi connectivity index (χ1n) is 3.04. The molecule has 2 heterocycles. The van der Waals surface area contributed by atoms with Crippen molar-refractivity contribution < 1.29 is 0 Å². The van der Waals surface area contributed by atoms with Crippen molar-refractivity contribution in [3.8, 4) is 0 Å². The quantitative estimate of drug-likeness (QED) is 0.723. The molecule has 4 heteroatoms. The Morgan fingerprint density at radius 2 is 2.18 bits per heavy atom. The van der Waals surface area contributed by atoms with E-state index in [-0.39, 0.29) is 0 Å². The summed E-state index contributed by atoms with van der Waals surface area (Å²) in [6, 6.07) is 2.00. The molecular weight excluding hydrogens is 272 g/mol. The third-order valence-electron chi connectivity index (χ3n) is 1.44.